The third-order valence-electron chi connectivity index (χ3n) is 5.46. The first-order valence-corrected chi connectivity index (χ1v) is 10.7. The molecule has 0 amide bonds. The van der Waals surface area contributed by atoms with Crippen LogP contribution in [0.3, 0.4) is 0 Å². The van der Waals surface area contributed by atoms with Crippen molar-refractivity contribution in [1.82, 2.24) is 20.0 Å². The van der Waals surface area contributed by atoms with Crippen molar-refractivity contribution in [2.24, 2.45) is 10.9 Å². The van der Waals surface area contributed by atoms with Crippen LogP contribution >= 0.6 is 0 Å². The largest absolute Gasteiger partial charge is 0.466 e. The van der Waals surface area contributed by atoms with Gasteiger partial charge in [-0.25, -0.2) is 0 Å². The smallest absolute Gasteiger partial charge is 0.309 e. The van der Waals surface area contributed by atoms with E-state index in [0.29, 0.717) is 6.61 Å². The van der Waals surface area contributed by atoms with Crippen molar-refractivity contribution in [3.63, 3.8) is 0 Å². The zero-order valence-corrected chi connectivity index (χ0v) is 17.6. The SMILES string of the molecule is CCNC(=NCCCN1CCCN(C)CC1)N1CCC(C(=O)OCC)CC1. The van der Waals surface area contributed by atoms with E-state index >= 15 is 0 Å². The molecular weight excluding hydrogens is 342 g/mol. The summed E-state index contributed by atoms with van der Waals surface area (Å²) in [4.78, 5) is 24.0. The van der Waals surface area contributed by atoms with Gasteiger partial charge < -0.3 is 24.8 Å². The summed E-state index contributed by atoms with van der Waals surface area (Å²) in [5, 5.41) is 3.42. The number of nitrogens with one attached hydrogen (secondary N) is 1. The Morgan fingerprint density at radius 2 is 1.89 bits per heavy atom. The lowest BCUT2D eigenvalue weighted by atomic mass is 9.97. The van der Waals surface area contributed by atoms with Crippen LogP contribution in [0.2, 0.25) is 0 Å². The third kappa shape index (κ3) is 7.66. The second-order valence-corrected chi connectivity index (χ2v) is 7.60. The molecule has 156 valence electrons. The number of ether oxygens (including phenoxy) is 1. The molecule has 0 saturated carbocycles. The monoisotopic (exact) mass is 381 g/mol. The Balaban J connectivity index is 1.74. The molecule has 2 heterocycles. The molecule has 2 rings (SSSR count). The van der Waals surface area contributed by atoms with Gasteiger partial charge in [0, 0.05) is 39.3 Å². The van der Waals surface area contributed by atoms with E-state index in [4.69, 9.17) is 9.73 Å². The molecule has 7 nitrogen and oxygen atoms in total. The Labute approximate surface area is 165 Å². The molecule has 0 aromatic rings. The topological polar surface area (TPSA) is 60.4 Å². The highest BCUT2D eigenvalue weighted by Crippen LogP contribution is 2.18. The average molecular weight is 382 g/mol. The predicted molar refractivity (Wildman–Crippen MR) is 110 cm³/mol. The summed E-state index contributed by atoms with van der Waals surface area (Å²) in [7, 11) is 2.21. The number of hydrogen-bond donors (Lipinski definition) is 1. The first-order valence-electron chi connectivity index (χ1n) is 10.7. The molecule has 0 aromatic carbocycles. The number of likely N-dealkylation sites (N-methyl/N-ethyl adjacent to an activating group) is 1. The van der Waals surface area contributed by atoms with Gasteiger partial charge in [0.1, 0.15) is 0 Å². The highest BCUT2D eigenvalue weighted by molar-refractivity contribution is 5.80. The maximum Gasteiger partial charge on any atom is 0.309 e. The maximum atomic E-state index is 11.9. The highest BCUT2D eigenvalue weighted by atomic mass is 16.5. The minimum absolute atomic E-state index is 0.0396. The van der Waals surface area contributed by atoms with Gasteiger partial charge in [-0.15, -0.1) is 0 Å². The van der Waals surface area contributed by atoms with Crippen LogP contribution in [0, 0.1) is 5.92 Å². The van der Waals surface area contributed by atoms with Gasteiger partial charge in [0.2, 0.25) is 0 Å². The number of likely N-dealkylation sites (tertiary alicyclic amines) is 1. The zero-order chi connectivity index (χ0) is 19.5. The molecule has 1 N–H and O–H groups in total. The molecule has 0 radical (unpaired) electrons. The average Bonchev–Trinajstić information content (AvgIpc) is 2.89. The van der Waals surface area contributed by atoms with Gasteiger partial charge in [-0.3, -0.25) is 9.79 Å². The summed E-state index contributed by atoms with van der Waals surface area (Å²) in [5.41, 5.74) is 0. The molecule has 2 aliphatic heterocycles. The molecule has 0 aliphatic carbocycles. The van der Waals surface area contributed by atoms with E-state index in [-0.39, 0.29) is 11.9 Å². The highest BCUT2D eigenvalue weighted by Gasteiger charge is 2.27. The second kappa shape index (κ2) is 12.2. The van der Waals surface area contributed by atoms with Crippen LogP contribution in [-0.2, 0) is 9.53 Å². The number of esters is 1. The van der Waals surface area contributed by atoms with Crippen LogP contribution in [-0.4, -0.2) is 99.2 Å². The van der Waals surface area contributed by atoms with Gasteiger partial charge in [0.05, 0.1) is 12.5 Å². The molecule has 2 saturated heterocycles. The van der Waals surface area contributed by atoms with Gasteiger partial charge in [-0.1, -0.05) is 0 Å². The summed E-state index contributed by atoms with van der Waals surface area (Å²) >= 11 is 0. The molecule has 0 aromatic heterocycles. The molecule has 7 heteroatoms. The second-order valence-electron chi connectivity index (χ2n) is 7.60. The fourth-order valence-corrected chi connectivity index (χ4v) is 3.82. The minimum atomic E-state index is -0.0396. The molecule has 0 atom stereocenters. The number of guanidine groups is 1. The third-order valence-corrected chi connectivity index (χ3v) is 5.46. The minimum Gasteiger partial charge on any atom is -0.466 e. The Morgan fingerprint density at radius 3 is 2.59 bits per heavy atom. The van der Waals surface area contributed by atoms with Crippen molar-refractivity contribution >= 4 is 11.9 Å². The molecule has 27 heavy (non-hydrogen) atoms. The van der Waals surface area contributed by atoms with Gasteiger partial charge in [0.15, 0.2) is 5.96 Å². The van der Waals surface area contributed by atoms with Crippen LogP contribution in [0.25, 0.3) is 0 Å². The van der Waals surface area contributed by atoms with Crippen molar-refractivity contribution in [3.8, 4) is 0 Å². The van der Waals surface area contributed by atoms with Crippen molar-refractivity contribution in [2.45, 2.75) is 39.5 Å². The molecule has 2 aliphatic rings. The number of hydrogen-bond acceptors (Lipinski definition) is 5. The number of carbonyl (C=O) groups is 1. The van der Waals surface area contributed by atoms with Gasteiger partial charge >= 0.3 is 5.97 Å². The summed E-state index contributed by atoms with van der Waals surface area (Å²) < 4.78 is 5.17. The number of carbonyl (C=O) groups excluding carboxylic acids is 1. The van der Waals surface area contributed by atoms with E-state index in [1.807, 2.05) is 6.92 Å². The first kappa shape index (κ1) is 22.0. The number of nitrogens with zero attached hydrogens (tertiary/aromatic N) is 4. The normalized spacial score (nSPS) is 21.1. The van der Waals surface area contributed by atoms with Gasteiger partial charge in [-0.2, -0.15) is 0 Å². The summed E-state index contributed by atoms with van der Waals surface area (Å²) in [5.74, 6) is 1.00. The van der Waals surface area contributed by atoms with Crippen LogP contribution in [0.4, 0.5) is 0 Å². The van der Waals surface area contributed by atoms with Crippen molar-refractivity contribution in [1.29, 1.82) is 0 Å². The van der Waals surface area contributed by atoms with Crippen LogP contribution in [0.5, 0.6) is 0 Å². The lowest BCUT2D eigenvalue weighted by Gasteiger charge is -2.33. The predicted octanol–water partition coefficient (Wildman–Crippen LogP) is 1.25. The Bertz CT molecular complexity index is 463. The van der Waals surface area contributed by atoms with E-state index in [1.54, 1.807) is 0 Å². The first-order chi connectivity index (χ1) is 13.1. The molecule has 0 bridgehead atoms. The van der Waals surface area contributed by atoms with E-state index in [0.717, 1.165) is 57.9 Å². The molecular formula is C20H39N5O2. The van der Waals surface area contributed by atoms with E-state index < -0.39 is 0 Å². The van der Waals surface area contributed by atoms with Gasteiger partial charge in [0.25, 0.3) is 0 Å². The maximum absolute atomic E-state index is 11.9. The van der Waals surface area contributed by atoms with Crippen molar-refractivity contribution in [3.05, 3.63) is 0 Å². The van der Waals surface area contributed by atoms with Crippen LogP contribution in [0.15, 0.2) is 4.99 Å². The van der Waals surface area contributed by atoms with Crippen molar-refractivity contribution in [2.75, 3.05) is 72.6 Å². The lowest BCUT2D eigenvalue weighted by molar-refractivity contribution is -0.149. The van der Waals surface area contributed by atoms with Gasteiger partial charge in [-0.05, 0) is 66.2 Å². The standard InChI is InChI=1S/C20H39N5O2/c1-4-21-20(25-14-8-18(9-15-25)19(26)27-5-2)22-10-6-12-24-13-7-11-23(3)16-17-24/h18H,4-17H2,1-3H3,(H,21,22). The lowest BCUT2D eigenvalue weighted by Crippen LogP contribution is -2.46. The van der Waals surface area contributed by atoms with Crippen molar-refractivity contribution < 1.29 is 9.53 Å². The summed E-state index contributed by atoms with van der Waals surface area (Å²) in [6.45, 7) is 13.8. The summed E-state index contributed by atoms with van der Waals surface area (Å²) in [6, 6.07) is 0. The number of rotatable bonds is 7. The van der Waals surface area contributed by atoms with Crippen LogP contribution < -0.4 is 5.32 Å². The fourth-order valence-electron chi connectivity index (χ4n) is 3.82. The van der Waals surface area contributed by atoms with Crippen LogP contribution in [0.1, 0.15) is 39.5 Å². The quantitative estimate of drug-likeness (QED) is 0.310. The van der Waals surface area contributed by atoms with E-state index in [9.17, 15) is 4.79 Å². The molecule has 0 spiro atoms. The Hall–Kier alpha value is -1.34. The fraction of sp³-hybridized carbons (Fsp3) is 0.900. The number of piperidine rings is 1. The summed E-state index contributed by atoms with van der Waals surface area (Å²) in [6.07, 6.45) is 4.06. The Kier molecular flexibility index (Phi) is 9.91. The van der Waals surface area contributed by atoms with E-state index in [1.165, 1.54) is 32.6 Å². The van der Waals surface area contributed by atoms with E-state index in [2.05, 4.69) is 34.0 Å². The molecule has 2 fully saturated rings. The number of aliphatic imine (C=N–C) groups is 1. The molecule has 0 unspecified atom stereocenters. The Morgan fingerprint density at radius 1 is 1.11 bits per heavy atom. The zero-order valence-electron chi connectivity index (χ0n) is 17.6.